The minimum absolute atomic E-state index is 0.0152. The van der Waals surface area contributed by atoms with Gasteiger partial charge in [0.05, 0.1) is 0 Å². The molecule has 1 atom stereocenters. The van der Waals surface area contributed by atoms with Crippen LogP contribution in [-0.4, -0.2) is 79.3 Å². The maximum Gasteiger partial charge on any atom is 0.407 e. The zero-order valence-corrected chi connectivity index (χ0v) is 20.3. The highest BCUT2D eigenvalue weighted by Gasteiger charge is 2.37. The van der Waals surface area contributed by atoms with Gasteiger partial charge in [-0.15, -0.1) is 0 Å². The molecule has 0 heterocycles. The minimum atomic E-state index is -1.08. The molecular formula is C27H33N3O5. The first-order valence-electron chi connectivity index (χ1n) is 12.1. The maximum atomic E-state index is 13.3. The lowest BCUT2D eigenvalue weighted by Crippen LogP contribution is -2.55. The second-order valence-electron chi connectivity index (χ2n) is 9.60. The van der Waals surface area contributed by atoms with Crippen LogP contribution < -0.4 is 5.32 Å². The number of carbonyl (C=O) groups is 3. The maximum absolute atomic E-state index is 13.3. The number of carboxylic acids is 1. The summed E-state index contributed by atoms with van der Waals surface area (Å²) in [4.78, 5) is 40.8. The highest BCUT2D eigenvalue weighted by atomic mass is 16.5. The largest absolute Gasteiger partial charge is 0.480 e. The van der Waals surface area contributed by atoms with Crippen LogP contribution >= 0.6 is 0 Å². The molecule has 2 aromatic rings. The second-order valence-corrected chi connectivity index (χ2v) is 9.60. The number of amides is 2. The Hall–Kier alpha value is -3.39. The Morgan fingerprint density at radius 2 is 1.60 bits per heavy atom. The fourth-order valence-electron chi connectivity index (χ4n) is 4.87. The number of alkyl carbamates (subject to hydrolysis) is 1. The SMILES string of the molecule is CN(C)CCN(CC(=O)O)C(=O)C(NC(=O)OCC1c2ccccc2-c2ccccc21)C1CCC1. The summed E-state index contributed by atoms with van der Waals surface area (Å²) in [6, 6.07) is 15.4. The number of rotatable bonds is 10. The van der Waals surface area contributed by atoms with E-state index in [9.17, 15) is 19.5 Å². The van der Waals surface area contributed by atoms with Crippen LogP contribution in [0.15, 0.2) is 48.5 Å². The van der Waals surface area contributed by atoms with Crippen LogP contribution in [0, 0.1) is 5.92 Å². The predicted octanol–water partition coefficient (Wildman–Crippen LogP) is 3.17. The third-order valence-electron chi connectivity index (χ3n) is 6.96. The molecular weight excluding hydrogens is 446 g/mol. The molecule has 2 aromatic carbocycles. The molecule has 2 amide bonds. The van der Waals surface area contributed by atoms with Crippen molar-refractivity contribution in [3.63, 3.8) is 0 Å². The van der Waals surface area contributed by atoms with Gasteiger partial charge in [-0.05, 0) is 55.1 Å². The van der Waals surface area contributed by atoms with Crippen LogP contribution in [0.5, 0.6) is 0 Å². The summed E-state index contributed by atoms with van der Waals surface area (Å²) < 4.78 is 5.65. The summed E-state index contributed by atoms with van der Waals surface area (Å²) in [6.45, 7) is 0.558. The van der Waals surface area contributed by atoms with Crippen molar-refractivity contribution in [2.75, 3.05) is 40.3 Å². The summed E-state index contributed by atoms with van der Waals surface area (Å²) in [7, 11) is 3.73. The van der Waals surface area contributed by atoms with Crippen molar-refractivity contribution in [1.29, 1.82) is 0 Å². The van der Waals surface area contributed by atoms with Gasteiger partial charge in [-0.2, -0.15) is 0 Å². The van der Waals surface area contributed by atoms with Crippen LogP contribution in [0.1, 0.15) is 36.3 Å². The summed E-state index contributed by atoms with van der Waals surface area (Å²) in [5, 5.41) is 12.1. The minimum Gasteiger partial charge on any atom is -0.480 e. The Morgan fingerprint density at radius 1 is 1.00 bits per heavy atom. The van der Waals surface area contributed by atoms with Gasteiger partial charge < -0.3 is 25.0 Å². The van der Waals surface area contributed by atoms with Crippen LogP contribution in [0.2, 0.25) is 0 Å². The van der Waals surface area contributed by atoms with Crippen molar-refractivity contribution in [1.82, 2.24) is 15.1 Å². The summed E-state index contributed by atoms with van der Waals surface area (Å²) >= 11 is 0. The van der Waals surface area contributed by atoms with Gasteiger partial charge in [-0.3, -0.25) is 9.59 Å². The molecule has 8 heteroatoms. The molecule has 35 heavy (non-hydrogen) atoms. The van der Waals surface area contributed by atoms with E-state index in [4.69, 9.17) is 4.74 Å². The van der Waals surface area contributed by atoms with Gasteiger partial charge in [0.2, 0.25) is 5.91 Å². The van der Waals surface area contributed by atoms with Crippen LogP contribution in [0.25, 0.3) is 11.1 Å². The quantitative estimate of drug-likeness (QED) is 0.543. The van der Waals surface area contributed by atoms with Gasteiger partial charge in [0, 0.05) is 19.0 Å². The molecule has 2 N–H and O–H groups in total. The number of carbonyl (C=O) groups excluding carboxylic acids is 2. The molecule has 1 saturated carbocycles. The lowest BCUT2D eigenvalue weighted by atomic mass is 9.79. The van der Waals surface area contributed by atoms with Gasteiger partial charge in [0.15, 0.2) is 0 Å². The van der Waals surface area contributed by atoms with E-state index < -0.39 is 24.6 Å². The van der Waals surface area contributed by atoms with Gasteiger partial charge in [0.1, 0.15) is 19.2 Å². The molecule has 0 aliphatic heterocycles. The number of carboxylic acid groups (broad SMARTS) is 1. The third-order valence-corrected chi connectivity index (χ3v) is 6.96. The monoisotopic (exact) mass is 479 g/mol. The summed E-state index contributed by atoms with van der Waals surface area (Å²) in [5.41, 5.74) is 4.52. The van der Waals surface area contributed by atoms with Crippen LogP contribution in [0.3, 0.4) is 0 Å². The van der Waals surface area contributed by atoms with Crippen molar-refractivity contribution in [3.05, 3.63) is 59.7 Å². The molecule has 0 bridgehead atoms. The molecule has 186 valence electrons. The summed E-state index contributed by atoms with van der Waals surface area (Å²) in [6.07, 6.45) is 1.96. The normalized spacial score (nSPS) is 15.6. The Morgan fingerprint density at radius 3 is 2.11 bits per heavy atom. The van der Waals surface area contributed by atoms with Crippen molar-refractivity contribution >= 4 is 18.0 Å². The lowest BCUT2D eigenvalue weighted by molar-refractivity contribution is -0.146. The first-order chi connectivity index (χ1) is 16.8. The summed E-state index contributed by atoms with van der Waals surface area (Å²) in [5.74, 6) is -1.54. The number of nitrogens with one attached hydrogen (secondary N) is 1. The van der Waals surface area contributed by atoms with Crippen molar-refractivity contribution in [2.24, 2.45) is 5.92 Å². The van der Waals surface area contributed by atoms with E-state index in [1.807, 2.05) is 43.3 Å². The van der Waals surface area contributed by atoms with Crippen molar-refractivity contribution in [2.45, 2.75) is 31.2 Å². The molecule has 1 fully saturated rings. The van der Waals surface area contributed by atoms with E-state index in [-0.39, 0.29) is 30.9 Å². The van der Waals surface area contributed by atoms with E-state index >= 15 is 0 Å². The Labute approximate surface area is 205 Å². The molecule has 1 unspecified atom stereocenters. The average molecular weight is 480 g/mol. The van der Waals surface area contributed by atoms with Gasteiger partial charge in [-0.25, -0.2) is 4.79 Å². The number of fused-ring (bicyclic) bond motifs is 3. The number of hydrogen-bond acceptors (Lipinski definition) is 5. The highest BCUT2D eigenvalue weighted by Crippen LogP contribution is 2.44. The number of ether oxygens (including phenoxy) is 1. The lowest BCUT2D eigenvalue weighted by Gasteiger charge is -2.36. The molecule has 2 aliphatic carbocycles. The van der Waals surface area contributed by atoms with Gasteiger partial charge in [-0.1, -0.05) is 55.0 Å². The molecule has 0 aromatic heterocycles. The topological polar surface area (TPSA) is 99.2 Å². The zero-order chi connectivity index (χ0) is 24.9. The van der Waals surface area contributed by atoms with Crippen LogP contribution in [0.4, 0.5) is 4.79 Å². The molecule has 0 saturated heterocycles. The van der Waals surface area contributed by atoms with Crippen molar-refractivity contribution in [3.8, 4) is 11.1 Å². The highest BCUT2D eigenvalue weighted by molar-refractivity contribution is 5.88. The van der Waals surface area contributed by atoms with E-state index in [0.29, 0.717) is 6.54 Å². The number of nitrogens with zero attached hydrogens (tertiary/aromatic N) is 2. The third kappa shape index (κ3) is 5.65. The second kappa shape index (κ2) is 10.9. The number of benzene rings is 2. The fourth-order valence-corrected chi connectivity index (χ4v) is 4.87. The van der Waals surface area contributed by atoms with E-state index in [2.05, 4.69) is 29.6 Å². The smallest absolute Gasteiger partial charge is 0.407 e. The number of likely N-dealkylation sites (N-methyl/N-ethyl adjacent to an activating group) is 1. The first-order valence-corrected chi connectivity index (χ1v) is 12.1. The van der Waals surface area contributed by atoms with Crippen LogP contribution in [-0.2, 0) is 14.3 Å². The zero-order valence-electron chi connectivity index (χ0n) is 20.3. The number of aliphatic carboxylic acids is 1. The first kappa shape index (κ1) is 24.7. The predicted molar refractivity (Wildman–Crippen MR) is 132 cm³/mol. The fraction of sp³-hybridized carbons (Fsp3) is 0.444. The van der Waals surface area contributed by atoms with Gasteiger partial charge in [0.25, 0.3) is 0 Å². The Balaban J connectivity index is 1.44. The van der Waals surface area contributed by atoms with E-state index in [0.717, 1.165) is 41.5 Å². The molecule has 4 rings (SSSR count). The Kier molecular flexibility index (Phi) is 7.70. The average Bonchev–Trinajstić information content (AvgIpc) is 3.12. The molecule has 0 radical (unpaired) electrons. The van der Waals surface area contributed by atoms with Gasteiger partial charge >= 0.3 is 12.1 Å². The van der Waals surface area contributed by atoms with E-state index in [1.165, 1.54) is 4.90 Å². The molecule has 8 nitrogen and oxygen atoms in total. The number of hydrogen-bond donors (Lipinski definition) is 2. The Bertz CT molecular complexity index is 1040. The van der Waals surface area contributed by atoms with Crippen molar-refractivity contribution < 1.29 is 24.2 Å². The molecule has 2 aliphatic rings. The molecule has 0 spiro atoms. The standard InChI is InChI=1S/C27H33N3O5/c1-29(2)14-15-30(16-24(31)32)26(33)25(18-8-7-9-18)28-27(34)35-17-23-21-12-5-3-10-19(21)20-11-4-6-13-22(20)23/h3-6,10-13,18,23,25H,7-9,14-17H2,1-2H3,(H,28,34)(H,31,32). The van der Waals surface area contributed by atoms with E-state index in [1.54, 1.807) is 0 Å².